The van der Waals surface area contributed by atoms with Crippen molar-refractivity contribution >= 4 is 40.7 Å². The first kappa shape index (κ1) is 20.3. The van der Waals surface area contributed by atoms with E-state index in [1.54, 1.807) is 30.3 Å². The van der Waals surface area contributed by atoms with Gasteiger partial charge in [0, 0.05) is 23.8 Å². The molecule has 0 bridgehead atoms. The number of ether oxygens (including phenoxy) is 1. The maximum Gasteiger partial charge on any atom is 0.338 e. The monoisotopic (exact) mass is 440 g/mol. The van der Waals surface area contributed by atoms with Crippen molar-refractivity contribution in [1.82, 2.24) is 9.88 Å². The zero-order valence-corrected chi connectivity index (χ0v) is 17.4. The highest BCUT2D eigenvalue weighted by Crippen LogP contribution is 2.30. The molecule has 3 aromatic rings. The van der Waals surface area contributed by atoms with Gasteiger partial charge in [0.2, 0.25) is 11.8 Å². The van der Waals surface area contributed by atoms with Crippen LogP contribution in [0.5, 0.6) is 0 Å². The van der Waals surface area contributed by atoms with Gasteiger partial charge in [-0.3, -0.25) is 14.5 Å². The van der Waals surface area contributed by atoms with Crippen molar-refractivity contribution in [2.75, 3.05) is 0 Å². The Kier molecular flexibility index (Phi) is 5.92. The molecule has 152 valence electrons. The van der Waals surface area contributed by atoms with Crippen LogP contribution in [0.25, 0.3) is 10.6 Å². The second kappa shape index (κ2) is 8.77. The molecule has 1 aromatic heterocycles. The number of amides is 2. The number of nitrogens with zero attached hydrogens (tertiary/aromatic N) is 2. The van der Waals surface area contributed by atoms with Crippen LogP contribution in [0.15, 0.2) is 53.9 Å². The summed E-state index contributed by atoms with van der Waals surface area (Å²) in [6, 6.07) is 14.1. The van der Waals surface area contributed by atoms with Gasteiger partial charge in [0.25, 0.3) is 0 Å². The number of thiazole rings is 1. The van der Waals surface area contributed by atoms with Gasteiger partial charge in [0.15, 0.2) is 0 Å². The third-order valence-corrected chi connectivity index (χ3v) is 5.95. The Hall–Kier alpha value is -3.03. The Morgan fingerprint density at radius 3 is 2.47 bits per heavy atom. The van der Waals surface area contributed by atoms with Gasteiger partial charge in [-0.2, -0.15) is 0 Å². The number of likely N-dealkylation sites (tertiary alicyclic amines) is 1. The first-order chi connectivity index (χ1) is 14.5. The van der Waals surface area contributed by atoms with Gasteiger partial charge in [0.05, 0.1) is 22.8 Å². The molecule has 0 atom stereocenters. The third kappa shape index (κ3) is 4.42. The van der Waals surface area contributed by atoms with E-state index in [0.29, 0.717) is 16.3 Å². The Morgan fingerprint density at radius 1 is 1.07 bits per heavy atom. The summed E-state index contributed by atoms with van der Waals surface area (Å²) < 4.78 is 5.35. The summed E-state index contributed by atoms with van der Waals surface area (Å²) in [6.45, 7) is 0.273. The van der Waals surface area contributed by atoms with E-state index < -0.39 is 5.97 Å². The Labute approximate surface area is 182 Å². The minimum absolute atomic E-state index is 0.0539. The van der Waals surface area contributed by atoms with Gasteiger partial charge in [-0.15, -0.1) is 11.3 Å². The van der Waals surface area contributed by atoms with Gasteiger partial charge in [0.1, 0.15) is 11.6 Å². The lowest BCUT2D eigenvalue weighted by atomic mass is 10.1. The van der Waals surface area contributed by atoms with Crippen LogP contribution in [0.1, 0.15) is 34.5 Å². The fraction of sp³-hybridized carbons (Fsp3) is 0.182. The molecule has 0 radical (unpaired) electrons. The SMILES string of the molecule is O=C(OCc1csc(-c2ccccc2Cl)n1)c1ccc(CN2C(=O)CCC2=O)cc1. The number of benzene rings is 2. The molecule has 0 saturated carbocycles. The summed E-state index contributed by atoms with van der Waals surface area (Å²) in [6.07, 6.45) is 0.524. The lowest BCUT2D eigenvalue weighted by molar-refractivity contribution is -0.139. The zero-order chi connectivity index (χ0) is 21.1. The summed E-state index contributed by atoms with van der Waals surface area (Å²) >= 11 is 7.63. The van der Waals surface area contributed by atoms with Crippen molar-refractivity contribution in [2.24, 2.45) is 0 Å². The summed E-state index contributed by atoms with van der Waals surface area (Å²) in [5.41, 5.74) is 2.65. The van der Waals surface area contributed by atoms with Crippen LogP contribution >= 0.6 is 22.9 Å². The van der Waals surface area contributed by atoms with Gasteiger partial charge in [-0.1, -0.05) is 41.9 Å². The topological polar surface area (TPSA) is 76.6 Å². The molecule has 1 saturated heterocycles. The van der Waals surface area contributed by atoms with Crippen molar-refractivity contribution in [3.05, 3.63) is 75.8 Å². The second-order valence-corrected chi connectivity index (χ2v) is 8.04. The number of carbonyl (C=O) groups is 3. The van der Waals surface area contributed by atoms with E-state index >= 15 is 0 Å². The average Bonchev–Trinajstić information content (AvgIpc) is 3.35. The minimum atomic E-state index is -0.470. The molecule has 30 heavy (non-hydrogen) atoms. The van der Waals surface area contributed by atoms with Gasteiger partial charge in [-0.05, 0) is 23.8 Å². The smallest absolute Gasteiger partial charge is 0.338 e. The number of rotatable bonds is 6. The van der Waals surface area contributed by atoms with Crippen molar-refractivity contribution in [3.8, 4) is 10.6 Å². The summed E-state index contributed by atoms with van der Waals surface area (Å²) in [7, 11) is 0. The molecule has 2 heterocycles. The molecule has 4 rings (SSSR count). The maximum absolute atomic E-state index is 12.3. The Bertz CT molecular complexity index is 1090. The molecule has 8 heteroatoms. The number of carbonyl (C=O) groups excluding carboxylic acids is 3. The number of halogens is 1. The molecule has 0 unspecified atom stereocenters. The van der Waals surface area contributed by atoms with Gasteiger partial charge >= 0.3 is 5.97 Å². The Morgan fingerprint density at radius 2 is 1.77 bits per heavy atom. The van der Waals surface area contributed by atoms with E-state index in [1.165, 1.54) is 16.2 Å². The largest absolute Gasteiger partial charge is 0.456 e. The van der Waals surface area contributed by atoms with E-state index in [-0.39, 0.29) is 37.8 Å². The zero-order valence-electron chi connectivity index (χ0n) is 15.8. The van der Waals surface area contributed by atoms with Crippen molar-refractivity contribution in [2.45, 2.75) is 26.0 Å². The van der Waals surface area contributed by atoms with Crippen LogP contribution in [0, 0.1) is 0 Å². The second-order valence-electron chi connectivity index (χ2n) is 6.77. The molecule has 6 nitrogen and oxygen atoms in total. The van der Waals surface area contributed by atoms with Crippen molar-refractivity contribution < 1.29 is 19.1 Å². The highest BCUT2D eigenvalue weighted by atomic mass is 35.5. The lowest BCUT2D eigenvalue weighted by Gasteiger charge is -2.13. The van der Waals surface area contributed by atoms with Crippen LogP contribution in [0.4, 0.5) is 0 Å². The molecular weight excluding hydrogens is 424 g/mol. The highest BCUT2D eigenvalue weighted by molar-refractivity contribution is 7.13. The average molecular weight is 441 g/mol. The predicted molar refractivity (Wildman–Crippen MR) is 113 cm³/mol. The van der Waals surface area contributed by atoms with Crippen LogP contribution in [0.2, 0.25) is 5.02 Å². The molecule has 0 aliphatic carbocycles. The van der Waals surface area contributed by atoms with Crippen molar-refractivity contribution in [1.29, 1.82) is 0 Å². The van der Waals surface area contributed by atoms with E-state index in [9.17, 15) is 14.4 Å². The maximum atomic E-state index is 12.3. The molecule has 1 fully saturated rings. The van der Waals surface area contributed by atoms with E-state index in [2.05, 4.69) is 4.98 Å². The molecular formula is C22H17ClN2O4S. The van der Waals surface area contributed by atoms with E-state index in [0.717, 1.165) is 16.1 Å². The molecule has 2 aromatic carbocycles. The number of esters is 1. The van der Waals surface area contributed by atoms with Crippen LogP contribution in [-0.4, -0.2) is 27.7 Å². The molecule has 1 aliphatic heterocycles. The molecule has 2 amide bonds. The van der Waals surface area contributed by atoms with E-state index in [4.69, 9.17) is 16.3 Å². The molecule has 1 aliphatic rings. The van der Waals surface area contributed by atoms with Crippen molar-refractivity contribution in [3.63, 3.8) is 0 Å². The summed E-state index contributed by atoms with van der Waals surface area (Å²) in [4.78, 5) is 41.5. The Balaban J connectivity index is 1.35. The fourth-order valence-electron chi connectivity index (χ4n) is 3.08. The number of hydrogen-bond acceptors (Lipinski definition) is 6. The van der Waals surface area contributed by atoms with Gasteiger partial charge < -0.3 is 4.74 Å². The minimum Gasteiger partial charge on any atom is -0.456 e. The quantitative estimate of drug-likeness (QED) is 0.417. The number of hydrogen-bond donors (Lipinski definition) is 0. The highest BCUT2D eigenvalue weighted by Gasteiger charge is 2.28. The number of aromatic nitrogens is 1. The molecule has 0 N–H and O–H groups in total. The van der Waals surface area contributed by atoms with Crippen LogP contribution in [0.3, 0.4) is 0 Å². The van der Waals surface area contributed by atoms with Crippen LogP contribution in [-0.2, 0) is 27.5 Å². The number of imide groups is 1. The summed E-state index contributed by atoms with van der Waals surface area (Å²) in [5.74, 6) is -0.798. The standard InChI is InChI=1S/C22H17ClN2O4S/c23-18-4-2-1-3-17(18)21-24-16(13-30-21)12-29-22(28)15-7-5-14(6-8-15)11-25-19(26)9-10-20(25)27/h1-8,13H,9-12H2. The van der Waals surface area contributed by atoms with E-state index in [1.807, 2.05) is 23.6 Å². The first-order valence-corrected chi connectivity index (χ1v) is 10.6. The van der Waals surface area contributed by atoms with Crippen LogP contribution < -0.4 is 0 Å². The first-order valence-electron chi connectivity index (χ1n) is 9.30. The normalized spacial score (nSPS) is 13.7. The third-order valence-electron chi connectivity index (χ3n) is 4.69. The molecule has 0 spiro atoms. The van der Waals surface area contributed by atoms with Gasteiger partial charge in [-0.25, -0.2) is 9.78 Å². The predicted octanol–water partition coefficient (Wildman–Crippen LogP) is 4.47. The lowest BCUT2D eigenvalue weighted by Crippen LogP contribution is -2.28. The fourth-order valence-corrected chi connectivity index (χ4v) is 4.21. The summed E-state index contributed by atoms with van der Waals surface area (Å²) in [5, 5.41) is 3.22.